The van der Waals surface area contributed by atoms with Gasteiger partial charge in [0.15, 0.2) is 5.82 Å². The highest BCUT2D eigenvalue weighted by Crippen LogP contribution is 2.08. The summed E-state index contributed by atoms with van der Waals surface area (Å²) in [5.74, 6) is 0.561. The van der Waals surface area contributed by atoms with Gasteiger partial charge in [0.25, 0.3) is 0 Å². The lowest BCUT2D eigenvalue weighted by atomic mass is 10.3. The van der Waals surface area contributed by atoms with Crippen LogP contribution in [0.25, 0.3) is 0 Å². The van der Waals surface area contributed by atoms with E-state index in [1.807, 2.05) is 0 Å². The lowest BCUT2D eigenvalue weighted by molar-refractivity contribution is 0.253. The number of aromatic nitrogens is 1. The van der Waals surface area contributed by atoms with Crippen molar-refractivity contribution < 1.29 is 13.7 Å². The molecule has 94 valence electrons. The van der Waals surface area contributed by atoms with Crippen molar-refractivity contribution in [1.29, 1.82) is 0 Å². The number of rotatable bonds is 3. The Morgan fingerprint density at radius 2 is 2.06 bits per heavy atom. The molecule has 0 atom stereocenters. The Balaban J connectivity index is 1.83. The second-order valence-electron chi connectivity index (χ2n) is 3.53. The van der Waals surface area contributed by atoms with Crippen molar-refractivity contribution in [3.63, 3.8) is 0 Å². The van der Waals surface area contributed by atoms with Crippen LogP contribution in [0.15, 0.2) is 34.9 Å². The summed E-state index contributed by atoms with van der Waals surface area (Å²) in [6.45, 7) is 1.72. The molecular formula is C11H11FN4O2. The summed E-state index contributed by atoms with van der Waals surface area (Å²) < 4.78 is 17.4. The van der Waals surface area contributed by atoms with E-state index in [-0.39, 0.29) is 5.82 Å². The van der Waals surface area contributed by atoms with Crippen LogP contribution in [0.1, 0.15) is 5.76 Å². The van der Waals surface area contributed by atoms with Crippen LogP contribution in [-0.2, 0) is 0 Å². The van der Waals surface area contributed by atoms with E-state index in [9.17, 15) is 9.18 Å². The second kappa shape index (κ2) is 5.17. The van der Waals surface area contributed by atoms with Crippen LogP contribution >= 0.6 is 0 Å². The van der Waals surface area contributed by atoms with E-state index in [1.54, 1.807) is 13.0 Å². The molecule has 6 nitrogen and oxygen atoms in total. The van der Waals surface area contributed by atoms with E-state index >= 15 is 0 Å². The zero-order valence-corrected chi connectivity index (χ0v) is 9.53. The molecule has 7 heteroatoms. The van der Waals surface area contributed by atoms with Gasteiger partial charge in [-0.2, -0.15) is 0 Å². The molecule has 0 saturated carbocycles. The molecule has 1 heterocycles. The first-order valence-corrected chi connectivity index (χ1v) is 5.15. The Bertz CT molecular complexity index is 538. The topological polar surface area (TPSA) is 79.2 Å². The average molecular weight is 250 g/mol. The normalized spacial score (nSPS) is 9.89. The van der Waals surface area contributed by atoms with E-state index in [1.165, 1.54) is 24.3 Å². The number of hydrazine groups is 1. The quantitative estimate of drug-likeness (QED) is 0.730. The SMILES string of the molecule is Cc1cc(NC(=O)NNc2ccc(F)cc2)no1. The minimum atomic E-state index is -0.507. The van der Waals surface area contributed by atoms with Crippen LogP contribution in [-0.4, -0.2) is 11.2 Å². The molecule has 0 radical (unpaired) electrons. The van der Waals surface area contributed by atoms with Gasteiger partial charge < -0.3 is 4.52 Å². The summed E-state index contributed by atoms with van der Waals surface area (Å²) in [5.41, 5.74) is 5.54. The standard InChI is InChI=1S/C11H11FN4O2/c1-7-6-10(16-18-7)13-11(17)15-14-9-4-2-8(12)3-5-9/h2-6,14H,1H3,(H2,13,15,16,17). The Morgan fingerprint density at radius 3 is 2.67 bits per heavy atom. The number of benzene rings is 1. The summed E-state index contributed by atoms with van der Waals surface area (Å²) in [7, 11) is 0. The molecule has 0 fully saturated rings. The highest BCUT2D eigenvalue weighted by molar-refractivity contribution is 5.88. The van der Waals surface area contributed by atoms with Gasteiger partial charge in [-0.3, -0.25) is 16.2 Å². The van der Waals surface area contributed by atoms with Crippen LogP contribution in [0.3, 0.4) is 0 Å². The molecule has 2 rings (SSSR count). The zero-order valence-electron chi connectivity index (χ0n) is 9.53. The second-order valence-corrected chi connectivity index (χ2v) is 3.53. The van der Waals surface area contributed by atoms with Gasteiger partial charge in [-0.05, 0) is 31.2 Å². The van der Waals surface area contributed by atoms with E-state index in [0.29, 0.717) is 17.3 Å². The Labute approximate surface area is 102 Å². The third-order valence-corrected chi connectivity index (χ3v) is 2.03. The minimum absolute atomic E-state index is 0.311. The number of carbonyl (C=O) groups is 1. The lowest BCUT2D eigenvalue weighted by Crippen LogP contribution is -2.33. The van der Waals surface area contributed by atoms with Gasteiger partial charge in [0.2, 0.25) is 0 Å². The molecule has 0 saturated heterocycles. The highest BCUT2D eigenvalue weighted by Gasteiger charge is 2.04. The Hall–Kier alpha value is -2.57. The molecule has 1 aromatic carbocycles. The average Bonchev–Trinajstić information content (AvgIpc) is 2.74. The number of hydrogen-bond acceptors (Lipinski definition) is 4. The number of urea groups is 1. The van der Waals surface area contributed by atoms with E-state index in [2.05, 4.69) is 21.3 Å². The van der Waals surface area contributed by atoms with Gasteiger partial charge >= 0.3 is 6.03 Å². The number of anilines is 2. The predicted octanol–water partition coefficient (Wildman–Crippen LogP) is 2.27. The molecule has 0 spiro atoms. The number of nitrogens with one attached hydrogen (secondary N) is 3. The predicted molar refractivity (Wildman–Crippen MR) is 63.4 cm³/mol. The molecule has 2 aromatic rings. The molecule has 0 unspecified atom stereocenters. The van der Waals surface area contributed by atoms with E-state index in [4.69, 9.17) is 4.52 Å². The van der Waals surface area contributed by atoms with Crippen LogP contribution in [0.2, 0.25) is 0 Å². The summed E-state index contributed by atoms with van der Waals surface area (Å²) in [5, 5.41) is 6.05. The molecule has 1 aromatic heterocycles. The maximum absolute atomic E-state index is 12.6. The summed E-state index contributed by atoms with van der Waals surface area (Å²) in [6.07, 6.45) is 0. The number of carbonyl (C=O) groups excluding carboxylic acids is 1. The van der Waals surface area contributed by atoms with Crippen LogP contribution in [0.4, 0.5) is 20.7 Å². The summed E-state index contributed by atoms with van der Waals surface area (Å²) in [4.78, 5) is 11.4. The maximum atomic E-state index is 12.6. The van der Waals surface area contributed by atoms with Gasteiger partial charge in [0, 0.05) is 6.07 Å². The number of aryl methyl sites for hydroxylation is 1. The molecule has 2 amide bonds. The fraction of sp³-hybridized carbons (Fsp3) is 0.0909. The fourth-order valence-corrected chi connectivity index (χ4v) is 1.24. The fourth-order valence-electron chi connectivity index (χ4n) is 1.24. The molecule has 0 aliphatic heterocycles. The lowest BCUT2D eigenvalue weighted by Gasteiger charge is -2.07. The van der Waals surface area contributed by atoms with Gasteiger partial charge in [0.1, 0.15) is 11.6 Å². The highest BCUT2D eigenvalue weighted by atomic mass is 19.1. The van der Waals surface area contributed by atoms with Gasteiger partial charge in [-0.25, -0.2) is 9.18 Å². The van der Waals surface area contributed by atoms with Crippen molar-refractivity contribution in [2.24, 2.45) is 0 Å². The van der Waals surface area contributed by atoms with Gasteiger partial charge in [-0.1, -0.05) is 5.16 Å². The summed E-state index contributed by atoms with van der Waals surface area (Å²) in [6, 6.07) is 6.63. The van der Waals surface area contributed by atoms with Crippen molar-refractivity contribution in [1.82, 2.24) is 10.6 Å². The zero-order chi connectivity index (χ0) is 13.0. The van der Waals surface area contributed by atoms with E-state index < -0.39 is 6.03 Å². The monoisotopic (exact) mass is 250 g/mol. The smallest absolute Gasteiger partial charge is 0.339 e. The van der Waals surface area contributed by atoms with Crippen molar-refractivity contribution in [3.8, 4) is 0 Å². The first-order chi connectivity index (χ1) is 8.63. The molecular weight excluding hydrogens is 239 g/mol. The first-order valence-electron chi connectivity index (χ1n) is 5.15. The van der Waals surface area contributed by atoms with E-state index in [0.717, 1.165) is 0 Å². The third-order valence-electron chi connectivity index (χ3n) is 2.03. The third kappa shape index (κ3) is 3.21. The number of hydrogen-bond donors (Lipinski definition) is 3. The largest absolute Gasteiger partial charge is 0.360 e. The molecule has 0 aliphatic carbocycles. The number of halogens is 1. The van der Waals surface area contributed by atoms with Gasteiger partial charge in [-0.15, -0.1) is 0 Å². The molecule has 3 N–H and O–H groups in total. The minimum Gasteiger partial charge on any atom is -0.360 e. The summed E-state index contributed by atoms with van der Waals surface area (Å²) >= 11 is 0. The molecule has 0 aliphatic rings. The van der Waals surface area contributed by atoms with Crippen molar-refractivity contribution >= 4 is 17.5 Å². The Kier molecular flexibility index (Phi) is 3.42. The van der Waals surface area contributed by atoms with Crippen molar-refractivity contribution in [3.05, 3.63) is 41.9 Å². The van der Waals surface area contributed by atoms with Gasteiger partial charge in [0.05, 0.1) is 5.69 Å². The molecule has 0 bridgehead atoms. The molecule has 18 heavy (non-hydrogen) atoms. The van der Waals surface area contributed by atoms with Crippen molar-refractivity contribution in [2.45, 2.75) is 6.92 Å². The van der Waals surface area contributed by atoms with Crippen LogP contribution in [0.5, 0.6) is 0 Å². The van der Waals surface area contributed by atoms with Crippen molar-refractivity contribution in [2.75, 3.05) is 10.7 Å². The maximum Gasteiger partial charge on any atom is 0.339 e. The number of nitrogens with zero attached hydrogens (tertiary/aromatic N) is 1. The Morgan fingerprint density at radius 1 is 1.33 bits per heavy atom. The number of amides is 2. The van der Waals surface area contributed by atoms with Crippen LogP contribution in [0, 0.1) is 12.7 Å². The van der Waals surface area contributed by atoms with Crippen LogP contribution < -0.4 is 16.2 Å². The first kappa shape index (κ1) is 11.9.